The van der Waals surface area contributed by atoms with E-state index < -0.39 is 0 Å². The predicted molar refractivity (Wildman–Crippen MR) is 108 cm³/mol. The Hall–Kier alpha value is -0.496. The molecular weight excluding hydrogens is 455 g/mol. The third kappa shape index (κ3) is 6.25. The van der Waals surface area contributed by atoms with Gasteiger partial charge >= 0.3 is 171 Å². The zero-order valence-electron chi connectivity index (χ0n) is 17.8. The van der Waals surface area contributed by atoms with E-state index in [-0.39, 0.29) is 40.9 Å². The van der Waals surface area contributed by atoms with Crippen molar-refractivity contribution in [1.82, 2.24) is 0 Å². The van der Waals surface area contributed by atoms with Crippen LogP contribution in [0.4, 0.5) is 0 Å². The topological polar surface area (TPSA) is 0 Å². The molecule has 0 saturated heterocycles. The van der Waals surface area contributed by atoms with Crippen LogP contribution in [0, 0.1) is 27.7 Å². The SMILES string of the molecule is CCCC1=CC=C[C]1([Ti+3])C(c1cc(C)cc(C)c1)c1cc(C)cc(C)c1.[Cl-].[Cl-].[Cl-]. The van der Waals surface area contributed by atoms with Crippen molar-refractivity contribution in [3.05, 3.63) is 93.6 Å². The van der Waals surface area contributed by atoms with Crippen LogP contribution in [0.25, 0.3) is 0 Å². The van der Waals surface area contributed by atoms with Gasteiger partial charge in [0.1, 0.15) is 0 Å². The second-order valence-electron chi connectivity index (χ2n) is 7.95. The van der Waals surface area contributed by atoms with Crippen LogP contribution in [0.2, 0.25) is 3.72 Å². The van der Waals surface area contributed by atoms with Crippen LogP contribution in [0.1, 0.15) is 59.1 Å². The number of halogens is 3. The Bertz CT molecular complexity index is 794. The Kier molecular flexibility index (Phi) is 11.6. The molecule has 1 unspecified atom stereocenters. The van der Waals surface area contributed by atoms with Crippen LogP contribution in [0.3, 0.4) is 0 Å². The fraction of sp³-hybridized carbons (Fsp3) is 0.360. The Labute approximate surface area is 207 Å². The zero-order chi connectivity index (χ0) is 18.9. The monoisotopic (exact) mass is 482 g/mol. The van der Waals surface area contributed by atoms with Crippen LogP contribution in [0.5, 0.6) is 0 Å². The van der Waals surface area contributed by atoms with E-state index in [1.165, 1.54) is 39.8 Å². The molecule has 0 aromatic heterocycles. The number of aryl methyl sites for hydroxylation is 4. The normalized spacial score (nSPS) is 17.3. The van der Waals surface area contributed by atoms with Gasteiger partial charge in [0, 0.05) is 0 Å². The average Bonchev–Trinajstić information content (AvgIpc) is 2.87. The first-order chi connectivity index (χ1) is 12.3. The summed E-state index contributed by atoms with van der Waals surface area (Å²) >= 11 is 2.43. The molecule has 0 N–H and O–H groups in total. The Balaban J connectivity index is 0.00000261. The number of hydrogen-bond donors (Lipinski definition) is 0. The summed E-state index contributed by atoms with van der Waals surface area (Å²) in [5.41, 5.74) is 9.82. The maximum Gasteiger partial charge on any atom is -1.00 e. The largest absolute Gasteiger partial charge is 1.00 e. The van der Waals surface area contributed by atoms with Crippen molar-refractivity contribution >= 4 is 0 Å². The molecule has 1 aliphatic rings. The first-order valence-corrected chi connectivity index (χ1v) is 10.4. The van der Waals surface area contributed by atoms with Crippen LogP contribution in [-0.2, 0) is 20.4 Å². The molecule has 0 amide bonds. The molecule has 4 heteroatoms. The fourth-order valence-electron chi connectivity index (χ4n) is 4.47. The van der Waals surface area contributed by atoms with Crippen molar-refractivity contribution in [1.29, 1.82) is 0 Å². The van der Waals surface area contributed by atoms with Crippen molar-refractivity contribution in [2.75, 3.05) is 0 Å². The summed E-state index contributed by atoms with van der Waals surface area (Å²) in [5.74, 6) is 0.344. The summed E-state index contributed by atoms with van der Waals surface area (Å²) < 4.78 is 0.0382. The van der Waals surface area contributed by atoms with Gasteiger partial charge in [-0.05, 0) is 0 Å². The van der Waals surface area contributed by atoms with Crippen LogP contribution >= 0.6 is 0 Å². The fourth-order valence-corrected chi connectivity index (χ4v) is 5.47. The minimum atomic E-state index is 0. The van der Waals surface area contributed by atoms with Gasteiger partial charge in [-0.25, -0.2) is 0 Å². The van der Waals surface area contributed by atoms with Crippen molar-refractivity contribution in [2.45, 2.75) is 57.1 Å². The molecule has 154 valence electrons. The van der Waals surface area contributed by atoms with E-state index in [1.54, 1.807) is 5.57 Å². The van der Waals surface area contributed by atoms with Crippen LogP contribution < -0.4 is 37.2 Å². The summed E-state index contributed by atoms with van der Waals surface area (Å²) in [4.78, 5) is 0. The van der Waals surface area contributed by atoms with Gasteiger partial charge in [-0.3, -0.25) is 0 Å². The molecule has 0 heterocycles. The van der Waals surface area contributed by atoms with Gasteiger partial charge in [0.2, 0.25) is 0 Å². The van der Waals surface area contributed by atoms with Gasteiger partial charge in [0.05, 0.1) is 0 Å². The molecule has 0 saturated carbocycles. The molecule has 0 radical (unpaired) electrons. The standard InChI is InChI=1S/C25H29.3ClH.Ti/c1-6-8-21-9-7-10-24(21)25(22-13-17(2)11-18(3)14-22)23-15-19(4)12-20(5)16-23;;;;/h7,9-16,25H,6,8H2,1-5H3;3*1H;/q;;;;+3/p-3. The Morgan fingerprint density at radius 3 is 1.55 bits per heavy atom. The second-order valence-corrected chi connectivity index (χ2v) is 9.24. The summed E-state index contributed by atoms with van der Waals surface area (Å²) in [7, 11) is 0. The summed E-state index contributed by atoms with van der Waals surface area (Å²) in [6.45, 7) is 11.1. The van der Waals surface area contributed by atoms with Crippen molar-refractivity contribution in [2.24, 2.45) is 0 Å². The Morgan fingerprint density at radius 2 is 1.17 bits per heavy atom. The molecule has 0 spiro atoms. The van der Waals surface area contributed by atoms with Gasteiger partial charge < -0.3 is 37.2 Å². The molecule has 1 aliphatic carbocycles. The third-order valence-corrected chi connectivity index (χ3v) is 6.53. The van der Waals surface area contributed by atoms with E-state index in [1.807, 2.05) is 0 Å². The van der Waals surface area contributed by atoms with E-state index >= 15 is 0 Å². The summed E-state index contributed by atoms with van der Waals surface area (Å²) in [6.07, 6.45) is 9.40. The molecule has 1 atom stereocenters. The number of benzene rings is 2. The molecular formula is C25H29Cl3Ti. The molecule has 2 aromatic rings. The number of hydrogen-bond acceptors (Lipinski definition) is 0. The predicted octanol–water partition coefficient (Wildman–Crippen LogP) is -1.93. The minimum absolute atomic E-state index is 0. The quantitative estimate of drug-likeness (QED) is 0.435. The van der Waals surface area contributed by atoms with Crippen LogP contribution in [0.15, 0.2) is 60.2 Å². The molecule has 0 bridgehead atoms. The van der Waals surface area contributed by atoms with Gasteiger partial charge in [-0.15, -0.1) is 0 Å². The molecule has 0 fully saturated rings. The van der Waals surface area contributed by atoms with Gasteiger partial charge in [-0.2, -0.15) is 0 Å². The molecule has 29 heavy (non-hydrogen) atoms. The first kappa shape index (κ1) is 28.5. The maximum atomic E-state index is 2.43. The first-order valence-electron chi connectivity index (χ1n) is 9.63. The van der Waals surface area contributed by atoms with Crippen LogP contribution in [-0.4, -0.2) is 0 Å². The van der Waals surface area contributed by atoms with Gasteiger partial charge in [0.15, 0.2) is 0 Å². The second kappa shape index (κ2) is 11.8. The molecule has 0 aliphatic heterocycles. The maximum absolute atomic E-state index is 2.43. The molecule has 0 nitrogen and oxygen atoms in total. The van der Waals surface area contributed by atoms with E-state index in [0.29, 0.717) is 5.92 Å². The number of rotatable bonds is 5. The minimum Gasteiger partial charge on any atom is -1.00 e. The van der Waals surface area contributed by atoms with Crippen molar-refractivity contribution < 1.29 is 57.7 Å². The summed E-state index contributed by atoms with van der Waals surface area (Å²) in [5, 5.41) is 0. The van der Waals surface area contributed by atoms with Gasteiger partial charge in [0.25, 0.3) is 0 Å². The zero-order valence-corrected chi connectivity index (χ0v) is 21.7. The van der Waals surface area contributed by atoms with E-state index in [2.05, 4.69) is 110 Å². The van der Waals surface area contributed by atoms with E-state index in [4.69, 9.17) is 0 Å². The molecule has 3 rings (SSSR count). The number of allylic oxidation sites excluding steroid dienone is 4. The van der Waals surface area contributed by atoms with Crippen molar-refractivity contribution in [3.63, 3.8) is 0 Å². The average molecular weight is 484 g/mol. The van der Waals surface area contributed by atoms with Crippen molar-refractivity contribution in [3.8, 4) is 0 Å². The van der Waals surface area contributed by atoms with E-state index in [9.17, 15) is 0 Å². The van der Waals surface area contributed by atoms with Gasteiger partial charge in [-0.1, -0.05) is 0 Å². The molecule has 2 aromatic carbocycles. The Morgan fingerprint density at radius 1 is 0.759 bits per heavy atom. The third-order valence-electron chi connectivity index (χ3n) is 5.32. The summed E-state index contributed by atoms with van der Waals surface area (Å²) in [6, 6.07) is 14.1. The van der Waals surface area contributed by atoms with E-state index in [0.717, 1.165) is 6.42 Å². The smallest absolute Gasteiger partial charge is 1.00 e.